The first-order valence-corrected chi connectivity index (χ1v) is 10.3. The smallest absolute Gasteiger partial charge is 0.262 e. The van der Waals surface area contributed by atoms with Crippen LogP contribution < -0.4 is 15.4 Å². The van der Waals surface area contributed by atoms with E-state index in [1.165, 1.54) is 0 Å². The van der Waals surface area contributed by atoms with Gasteiger partial charge >= 0.3 is 0 Å². The fourth-order valence-corrected chi connectivity index (χ4v) is 3.30. The quantitative estimate of drug-likeness (QED) is 0.519. The first kappa shape index (κ1) is 22.1. The van der Waals surface area contributed by atoms with Crippen LogP contribution in [0.1, 0.15) is 46.8 Å². The molecule has 5 nitrogen and oxygen atoms in total. The van der Waals surface area contributed by atoms with Crippen LogP contribution in [0.25, 0.3) is 0 Å². The summed E-state index contributed by atoms with van der Waals surface area (Å²) in [5, 5.41) is 5.82. The summed E-state index contributed by atoms with van der Waals surface area (Å²) in [6.07, 6.45) is 0. The molecule has 0 aliphatic carbocycles. The first-order valence-electron chi connectivity index (χ1n) is 10.3. The van der Waals surface area contributed by atoms with Gasteiger partial charge in [0, 0.05) is 16.9 Å². The Morgan fingerprint density at radius 2 is 1.58 bits per heavy atom. The second-order valence-corrected chi connectivity index (χ2v) is 7.88. The van der Waals surface area contributed by atoms with E-state index in [1.807, 2.05) is 56.3 Å². The number of carbonyl (C=O) groups is 2. The van der Waals surface area contributed by atoms with Crippen LogP contribution >= 0.6 is 0 Å². The van der Waals surface area contributed by atoms with Crippen LogP contribution in [0.2, 0.25) is 0 Å². The molecular weight excluding hydrogens is 388 g/mol. The molecule has 0 aliphatic heterocycles. The van der Waals surface area contributed by atoms with Crippen LogP contribution in [0.3, 0.4) is 0 Å². The molecule has 0 bridgehead atoms. The van der Waals surface area contributed by atoms with Gasteiger partial charge in [0.2, 0.25) is 0 Å². The third kappa shape index (κ3) is 5.95. The van der Waals surface area contributed by atoms with Gasteiger partial charge in [-0.3, -0.25) is 9.59 Å². The van der Waals surface area contributed by atoms with Gasteiger partial charge in [-0.1, -0.05) is 49.7 Å². The average Bonchev–Trinajstić information content (AvgIpc) is 2.75. The van der Waals surface area contributed by atoms with Crippen LogP contribution in [0.15, 0.2) is 66.7 Å². The second kappa shape index (κ2) is 9.94. The Hall–Kier alpha value is -3.60. The van der Waals surface area contributed by atoms with Crippen molar-refractivity contribution in [3.63, 3.8) is 0 Å². The molecule has 31 heavy (non-hydrogen) atoms. The fraction of sp³-hybridized carbons (Fsp3) is 0.231. The lowest BCUT2D eigenvalue weighted by Crippen LogP contribution is -2.21. The maximum atomic E-state index is 12.5. The number of para-hydroxylation sites is 1. The molecule has 160 valence electrons. The van der Waals surface area contributed by atoms with E-state index in [-0.39, 0.29) is 18.4 Å². The van der Waals surface area contributed by atoms with Crippen LogP contribution in [-0.4, -0.2) is 18.4 Å². The average molecular weight is 417 g/mol. The summed E-state index contributed by atoms with van der Waals surface area (Å²) in [7, 11) is 0. The Kier molecular flexibility index (Phi) is 7.08. The van der Waals surface area contributed by atoms with E-state index in [1.54, 1.807) is 24.3 Å². The number of ether oxygens (including phenoxy) is 1. The molecule has 3 aromatic carbocycles. The standard InChI is InChI=1S/C26H28N2O3/c1-17(2)22-7-5-6-8-24(22)27-25(29)16-31-21-12-10-20(11-13-21)26(30)28-23-14-9-18(3)15-19(23)4/h5-15,17H,16H2,1-4H3,(H,27,29)(H,28,30). The molecule has 0 spiro atoms. The molecule has 0 aliphatic rings. The lowest BCUT2D eigenvalue weighted by atomic mass is 10.0. The van der Waals surface area contributed by atoms with E-state index in [0.717, 1.165) is 28.1 Å². The molecule has 0 fully saturated rings. The summed E-state index contributed by atoms with van der Waals surface area (Å²) in [5.74, 6) is 0.404. The molecule has 3 rings (SSSR count). The van der Waals surface area contributed by atoms with Crippen molar-refractivity contribution in [2.45, 2.75) is 33.6 Å². The van der Waals surface area contributed by atoms with Crippen molar-refractivity contribution in [3.05, 3.63) is 89.0 Å². The number of carbonyl (C=O) groups excluding carboxylic acids is 2. The van der Waals surface area contributed by atoms with Crippen molar-refractivity contribution in [2.24, 2.45) is 0 Å². The summed E-state index contributed by atoms with van der Waals surface area (Å²) in [6.45, 7) is 8.03. The molecule has 2 amide bonds. The van der Waals surface area contributed by atoms with Crippen molar-refractivity contribution >= 4 is 23.2 Å². The van der Waals surface area contributed by atoms with Gasteiger partial charge in [0.1, 0.15) is 5.75 Å². The molecule has 2 N–H and O–H groups in total. The van der Waals surface area contributed by atoms with Gasteiger partial charge in [0.05, 0.1) is 0 Å². The highest BCUT2D eigenvalue weighted by Crippen LogP contribution is 2.23. The molecule has 3 aromatic rings. The number of hydrogen-bond acceptors (Lipinski definition) is 3. The second-order valence-electron chi connectivity index (χ2n) is 7.88. The lowest BCUT2D eigenvalue weighted by molar-refractivity contribution is -0.118. The predicted octanol–water partition coefficient (Wildman–Crippen LogP) is 5.70. The van der Waals surface area contributed by atoms with Crippen molar-refractivity contribution in [3.8, 4) is 5.75 Å². The minimum atomic E-state index is -0.232. The normalized spacial score (nSPS) is 10.6. The highest BCUT2D eigenvalue weighted by atomic mass is 16.5. The summed E-state index contributed by atoms with van der Waals surface area (Å²) in [4.78, 5) is 24.8. The summed E-state index contributed by atoms with van der Waals surface area (Å²) in [5.41, 5.74) is 5.34. The van der Waals surface area contributed by atoms with E-state index in [9.17, 15) is 9.59 Å². The van der Waals surface area contributed by atoms with Crippen molar-refractivity contribution in [2.75, 3.05) is 17.2 Å². The third-order valence-electron chi connectivity index (χ3n) is 4.97. The zero-order valence-corrected chi connectivity index (χ0v) is 18.4. The highest BCUT2D eigenvalue weighted by molar-refractivity contribution is 6.04. The minimum absolute atomic E-state index is 0.111. The molecule has 0 atom stereocenters. The number of benzene rings is 3. The highest BCUT2D eigenvalue weighted by Gasteiger charge is 2.11. The third-order valence-corrected chi connectivity index (χ3v) is 4.97. The Bertz CT molecular complexity index is 1070. The van der Waals surface area contributed by atoms with E-state index < -0.39 is 0 Å². The Morgan fingerprint density at radius 3 is 2.26 bits per heavy atom. The van der Waals surface area contributed by atoms with Crippen molar-refractivity contribution in [1.82, 2.24) is 0 Å². The largest absolute Gasteiger partial charge is 0.484 e. The zero-order valence-electron chi connectivity index (χ0n) is 18.4. The molecule has 0 radical (unpaired) electrons. The van der Waals surface area contributed by atoms with Crippen LogP contribution in [0.5, 0.6) is 5.75 Å². The van der Waals surface area contributed by atoms with Gasteiger partial charge < -0.3 is 15.4 Å². The van der Waals surface area contributed by atoms with E-state index >= 15 is 0 Å². The van der Waals surface area contributed by atoms with Gasteiger partial charge in [-0.2, -0.15) is 0 Å². The number of rotatable bonds is 7. The predicted molar refractivity (Wildman–Crippen MR) is 125 cm³/mol. The maximum Gasteiger partial charge on any atom is 0.262 e. The number of anilines is 2. The first-order chi connectivity index (χ1) is 14.8. The number of hydrogen-bond donors (Lipinski definition) is 2. The maximum absolute atomic E-state index is 12.5. The van der Waals surface area contributed by atoms with Gasteiger partial charge in [-0.25, -0.2) is 0 Å². The molecule has 0 heterocycles. The SMILES string of the molecule is Cc1ccc(NC(=O)c2ccc(OCC(=O)Nc3ccccc3C(C)C)cc2)c(C)c1. The minimum Gasteiger partial charge on any atom is -0.484 e. The van der Waals surface area contributed by atoms with Crippen LogP contribution in [-0.2, 0) is 4.79 Å². The van der Waals surface area contributed by atoms with Gasteiger partial charge in [-0.15, -0.1) is 0 Å². The monoisotopic (exact) mass is 416 g/mol. The van der Waals surface area contributed by atoms with E-state index in [0.29, 0.717) is 17.2 Å². The lowest BCUT2D eigenvalue weighted by Gasteiger charge is -2.14. The van der Waals surface area contributed by atoms with Crippen LogP contribution in [0, 0.1) is 13.8 Å². The Morgan fingerprint density at radius 1 is 0.871 bits per heavy atom. The summed E-state index contributed by atoms with van der Waals surface area (Å²) in [6, 6.07) is 20.4. The van der Waals surface area contributed by atoms with Gasteiger partial charge in [0.15, 0.2) is 6.61 Å². The number of aryl methyl sites for hydroxylation is 2. The Balaban J connectivity index is 1.56. The van der Waals surface area contributed by atoms with E-state index in [4.69, 9.17) is 4.74 Å². The number of amides is 2. The number of nitrogens with one attached hydrogen (secondary N) is 2. The van der Waals surface area contributed by atoms with Gasteiger partial charge in [0.25, 0.3) is 11.8 Å². The van der Waals surface area contributed by atoms with Crippen LogP contribution in [0.4, 0.5) is 11.4 Å². The summed E-state index contributed by atoms with van der Waals surface area (Å²) >= 11 is 0. The van der Waals surface area contributed by atoms with E-state index in [2.05, 4.69) is 24.5 Å². The molecule has 0 aromatic heterocycles. The Labute approximate surface area is 183 Å². The van der Waals surface area contributed by atoms with Crippen molar-refractivity contribution in [1.29, 1.82) is 0 Å². The topological polar surface area (TPSA) is 67.4 Å². The molecule has 5 heteroatoms. The molecule has 0 saturated carbocycles. The van der Waals surface area contributed by atoms with Gasteiger partial charge in [-0.05, 0) is 67.3 Å². The molecule has 0 unspecified atom stereocenters. The fourth-order valence-electron chi connectivity index (χ4n) is 3.30. The zero-order chi connectivity index (χ0) is 22.4. The van der Waals surface area contributed by atoms with Crippen molar-refractivity contribution < 1.29 is 14.3 Å². The molecular formula is C26H28N2O3. The summed E-state index contributed by atoms with van der Waals surface area (Å²) < 4.78 is 5.58. The molecule has 0 saturated heterocycles.